The Hall–Kier alpha value is -1.00. The Morgan fingerprint density at radius 3 is 2.60 bits per heavy atom. The fourth-order valence-electron chi connectivity index (χ4n) is 1.37. The van der Waals surface area contributed by atoms with Crippen LogP contribution in [-0.2, 0) is 4.87 Å². The molecule has 0 unspecified atom stereocenters. The normalized spacial score (nSPS) is 17.5. The zero-order valence-corrected chi connectivity index (χ0v) is 9.22. The lowest BCUT2D eigenvalue weighted by atomic mass is 10.2. The molecule has 4 nitrogen and oxygen atoms in total. The highest BCUT2D eigenvalue weighted by Gasteiger charge is 2.47. The van der Waals surface area contributed by atoms with E-state index < -0.39 is 10.8 Å². The second-order valence-corrected chi connectivity index (χ2v) is 4.51. The van der Waals surface area contributed by atoms with Crippen LogP contribution in [0.5, 0.6) is 0 Å². The van der Waals surface area contributed by atoms with Crippen LogP contribution in [-0.4, -0.2) is 20.9 Å². The second-order valence-electron chi connectivity index (χ2n) is 3.41. The molecule has 6 heteroatoms. The summed E-state index contributed by atoms with van der Waals surface area (Å²) in [5.41, 5.74) is 0.344. The van der Waals surface area contributed by atoms with E-state index in [1.165, 1.54) is 6.20 Å². The Bertz CT molecular complexity index is 449. The van der Waals surface area contributed by atoms with Gasteiger partial charge in [-0.25, -0.2) is 9.48 Å². The first-order valence-corrected chi connectivity index (χ1v) is 5.08. The number of aromatic nitrogens is 2. The predicted octanol–water partition coefficient (Wildman–Crippen LogP) is 2.56. The molecule has 1 aromatic heterocycles. The summed E-state index contributed by atoms with van der Waals surface area (Å²) in [6.07, 6.45) is 2.82. The van der Waals surface area contributed by atoms with E-state index in [1.807, 2.05) is 0 Å². The number of hydrogen-bond donors (Lipinski definition) is 1. The Balaban J connectivity index is 2.60. The minimum Gasteiger partial charge on any atom is -0.476 e. The molecule has 15 heavy (non-hydrogen) atoms. The third kappa shape index (κ3) is 1.54. The summed E-state index contributed by atoms with van der Waals surface area (Å²) in [5.74, 6) is -1.14. The molecule has 0 atom stereocenters. The van der Waals surface area contributed by atoms with E-state index in [4.69, 9.17) is 28.3 Å². The van der Waals surface area contributed by atoms with Gasteiger partial charge in [0.15, 0.2) is 5.69 Å². The standard InChI is InChI=1S/C9H8Cl2N2O2/c1-2-13-6(8(14)15)5(10)7(12-13)9(11)3-4-9/h2H,1,3-4H2,(H,14,15). The number of carbonyl (C=O) groups is 1. The average Bonchev–Trinajstić information content (AvgIpc) is 2.79. The van der Waals surface area contributed by atoms with E-state index in [0.717, 1.165) is 17.5 Å². The van der Waals surface area contributed by atoms with Crippen LogP contribution < -0.4 is 0 Å². The van der Waals surface area contributed by atoms with E-state index >= 15 is 0 Å². The molecule has 1 aliphatic carbocycles. The van der Waals surface area contributed by atoms with Gasteiger partial charge in [0, 0.05) is 6.20 Å². The first kappa shape index (κ1) is 10.5. The van der Waals surface area contributed by atoms with Crippen LogP contribution in [0, 0.1) is 0 Å². The number of nitrogens with zero attached hydrogens (tertiary/aromatic N) is 2. The average molecular weight is 247 g/mol. The van der Waals surface area contributed by atoms with E-state index in [1.54, 1.807) is 0 Å². The van der Waals surface area contributed by atoms with Crippen molar-refractivity contribution >= 4 is 35.4 Å². The first-order chi connectivity index (χ1) is 6.99. The lowest BCUT2D eigenvalue weighted by Crippen LogP contribution is -2.04. The van der Waals surface area contributed by atoms with Crippen molar-refractivity contribution in [3.63, 3.8) is 0 Å². The number of halogens is 2. The van der Waals surface area contributed by atoms with Gasteiger partial charge in [0.1, 0.15) is 5.69 Å². The largest absolute Gasteiger partial charge is 0.476 e. The lowest BCUT2D eigenvalue weighted by molar-refractivity contribution is 0.0688. The van der Waals surface area contributed by atoms with Crippen LogP contribution >= 0.6 is 23.2 Å². The molecule has 1 N–H and O–H groups in total. The minimum atomic E-state index is -1.14. The number of aromatic carboxylic acids is 1. The van der Waals surface area contributed by atoms with Crippen LogP contribution in [0.3, 0.4) is 0 Å². The van der Waals surface area contributed by atoms with Gasteiger partial charge in [-0.3, -0.25) is 0 Å². The zero-order valence-electron chi connectivity index (χ0n) is 7.70. The van der Waals surface area contributed by atoms with Gasteiger partial charge in [0.25, 0.3) is 0 Å². The Morgan fingerprint density at radius 2 is 2.27 bits per heavy atom. The highest BCUT2D eigenvalue weighted by Crippen LogP contribution is 2.53. The van der Waals surface area contributed by atoms with Crippen molar-refractivity contribution in [2.24, 2.45) is 0 Å². The molecule has 0 radical (unpaired) electrons. The molecular formula is C9H8Cl2N2O2. The zero-order chi connectivity index (χ0) is 11.2. The van der Waals surface area contributed by atoms with Crippen LogP contribution in [0.1, 0.15) is 29.0 Å². The SMILES string of the molecule is C=Cn1nc(C2(Cl)CC2)c(Cl)c1C(=O)O. The molecule has 1 fully saturated rings. The lowest BCUT2D eigenvalue weighted by Gasteiger charge is -2.00. The third-order valence-electron chi connectivity index (χ3n) is 2.34. The second kappa shape index (κ2) is 3.25. The third-order valence-corrected chi connectivity index (χ3v) is 3.26. The Morgan fingerprint density at radius 1 is 1.67 bits per heavy atom. The van der Waals surface area contributed by atoms with Crippen molar-refractivity contribution in [1.29, 1.82) is 0 Å². The molecule has 1 heterocycles. The summed E-state index contributed by atoms with van der Waals surface area (Å²) in [7, 11) is 0. The first-order valence-electron chi connectivity index (χ1n) is 4.33. The van der Waals surface area contributed by atoms with E-state index in [-0.39, 0.29) is 10.7 Å². The molecular weight excluding hydrogens is 239 g/mol. The molecule has 0 bridgehead atoms. The van der Waals surface area contributed by atoms with Crippen molar-refractivity contribution in [2.75, 3.05) is 0 Å². The fraction of sp³-hybridized carbons (Fsp3) is 0.333. The van der Waals surface area contributed by atoms with E-state index in [9.17, 15) is 4.79 Å². The van der Waals surface area contributed by atoms with Gasteiger partial charge in [-0.05, 0) is 12.8 Å². The summed E-state index contributed by atoms with van der Waals surface area (Å²) in [4.78, 5) is 10.4. The molecule has 1 aromatic rings. The molecule has 1 aliphatic rings. The summed E-state index contributed by atoms with van der Waals surface area (Å²) in [6.45, 7) is 3.47. The molecule has 0 spiro atoms. The predicted molar refractivity (Wildman–Crippen MR) is 57.3 cm³/mol. The number of carboxylic acid groups (broad SMARTS) is 1. The van der Waals surface area contributed by atoms with Gasteiger partial charge in [0.05, 0.1) is 9.90 Å². The van der Waals surface area contributed by atoms with Crippen molar-refractivity contribution in [1.82, 2.24) is 9.78 Å². The molecule has 0 aliphatic heterocycles. The summed E-state index contributed by atoms with van der Waals surface area (Å²) < 4.78 is 1.14. The summed E-state index contributed by atoms with van der Waals surface area (Å²) in [6, 6.07) is 0. The van der Waals surface area contributed by atoms with Gasteiger partial charge < -0.3 is 5.11 Å². The van der Waals surface area contributed by atoms with E-state index in [0.29, 0.717) is 5.69 Å². The fourth-order valence-corrected chi connectivity index (χ4v) is 2.03. The summed E-state index contributed by atoms with van der Waals surface area (Å²) >= 11 is 12.1. The quantitative estimate of drug-likeness (QED) is 0.835. The van der Waals surface area contributed by atoms with Crippen LogP contribution in [0.25, 0.3) is 6.20 Å². The number of carboxylic acids is 1. The summed E-state index contributed by atoms with van der Waals surface area (Å²) in [5, 5.41) is 13.1. The van der Waals surface area contributed by atoms with Crippen LogP contribution in [0.4, 0.5) is 0 Å². The molecule has 0 saturated heterocycles. The smallest absolute Gasteiger partial charge is 0.356 e. The van der Waals surface area contributed by atoms with Crippen LogP contribution in [0.2, 0.25) is 5.02 Å². The van der Waals surface area contributed by atoms with Crippen molar-refractivity contribution in [3.05, 3.63) is 23.0 Å². The molecule has 1 saturated carbocycles. The number of alkyl halides is 1. The minimum absolute atomic E-state index is 0.0893. The number of rotatable bonds is 3. The molecule has 2 rings (SSSR count). The monoisotopic (exact) mass is 246 g/mol. The topological polar surface area (TPSA) is 55.1 Å². The maximum atomic E-state index is 10.9. The molecule has 80 valence electrons. The Labute approximate surface area is 96.1 Å². The van der Waals surface area contributed by atoms with Gasteiger partial charge in [0.2, 0.25) is 0 Å². The Kier molecular flexibility index (Phi) is 2.28. The van der Waals surface area contributed by atoms with Gasteiger partial charge in [-0.1, -0.05) is 18.2 Å². The van der Waals surface area contributed by atoms with E-state index in [2.05, 4.69) is 11.7 Å². The molecule has 0 amide bonds. The van der Waals surface area contributed by atoms with Crippen LogP contribution in [0.15, 0.2) is 6.58 Å². The van der Waals surface area contributed by atoms with Crippen molar-refractivity contribution in [2.45, 2.75) is 17.7 Å². The number of hydrogen-bond acceptors (Lipinski definition) is 2. The highest BCUT2D eigenvalue weighted by atomic mass is 35.5. The van der Waals surface area contributed by atoms with Crippen molar-refractivity contribution in [3.8, 4) is 0 Å². The van der Waals surface area contributed by atoms with Gasteiger partial charge in [-0.2, -0.15) is 5.10 Å². The maximum Gasteiger partial charge on any atom is 0.356 e. The van der Waals surface area contributed by atoms with Crippen molar-refractivity contribution < 1.29 is 9.90 Å². The highest BCUT2D eigenvalue weighted by molar-refractivity contribution is 6.36. The van der Waals surface area contributed by atoms with Gasteiger partial charge in [-0.15, -0.1) is 11.6 Å². The maximum absolute atomic E-state index is 10.9. The van der Waals surface area contributed by atoms with Gasteiger partial charge >= 0.3 is 5.97 Å². The molecule has 0 aromatic carbocycles.